The number of pyridine rings is 1. The minimum atomic E-state index is 0.412. The van der Waals surface area contributed by atoms with Crippen LogP contribution in [-0.2, 0) is 6.54 Å². The predicted octanol–water partition coefficient (Wildman–Crippen LogP) is 3.99. The Morgan fingerprint density at radius 3 is 2.88 bits per heavy atom. The van der Waals surface area contributed by atoms with Gasteiger partial charge < -0.3 is 9.14 Å². The summed E-state index contributed by atoms with van der Waals surface area (Å²) in [6.07, 6.45) is 4.51. The molecule has 4 rings (SSSR count). The Balaban J connectivity index is 1.67. The van der Waals surface area contributed by atoms with Gasteiger partial charge in [0.25, 0.3) is 0 Å². The molecule has 0 bridgehead atoms. The van der Waals surface area contributed by atoms with Crippen molar-refractivity contribution in [2.45, 2.75) is 32.4 Å². The average molecular weight is 321 g/mol. The first-order valence-electron chi connectivity index (χ1n) is 8.57. The molecule has 0 N–H and O–H groups in total. The van der Waals surface area contributed by atoms with Gasteiger partial charge in [0.1, 0.15) is 11.4 Å². The normalized spacial score (nSPS) is 18.3. The number of ether oxygens (including phenoxy) is 1. The van der Waals surface area contributed by atoms with Gasteiger partial charge in [-0.15, -0.1) is 0 Å². The average Bonchev–Trinajstić information content (AvgIpc) is 3.20. The van der Waals surface area contributed by atoms with E-state index >= 15 is 0 Å². The van der Waals surface area contributed by atoms with E-state index in [1.165, 1.54) is 24.1 Å². The van der Waals surface area contributed by atoms with E-state index in [2.05, 4.69) is 52.8 Å². The summed E-state index contributed by atoms with van der Waals surface area (Å²) in [6, 6.07) is 15.0. The highest BCUT2D eigenvalue weighted by Gasteiger charge is 2.29. The Hall–Kier alpha value is -2.33. The summed E-state index contributed by atoms with van der Waals surface area (Å²) in [5.74, 6) is 0.990. The molecule has 2 aromatic heterocycles. The molecule has 1 aromatic carbocycles. The molecule has 1 aliphatic rings. The largest absolute Gasteiger partial charge is 0.496 e. The SMILES string of the molecule is COc1ccccc1[C@@H]1CCCN1Cc1c(C)nc2ccccn12. The first-order chi connectivity index (χ1) is 11.8. The molecule has 0 radical (unpaired) electrons. The number of para-hydroxylation sites is 1. The van der Waals surface area contributed by atoms with E-state index < -0.39 is 0 Å². The molecular formula is C20H23N3O. The number of aromatic nitrogens is 2. The van der Waals surface area contributed by atoms with Gasteiger partial charge in [-0.05, 0) is 44.5 Å². The van der Waals surface area contributed by atoms with Gasteiger partial charge in [-0.2, -0.15) is 0 Å². The number of imidazole rings is 1. The molecule has 1 atom stereocenters. The number of likely N-dealkylation sites (tertiary alicyclic amines) is 1. The van der Waals surface area contributed by atoms with Crippen molar-refractivity contribution in [2.75, 3.05) is 13.7 Å². The quantitative estimate of drug-likeness (QED) is 0.728. The summed E-state index contributed by atoms with van der Waals surface area (Å²) in [6.45, 7) is 4.14. The lowest BCUT2D eigenvalue weighted by atomic mass is 10.0. The van der Waals surface area contributed by atoms with E-state index in [9.17, 15) is 0 Å². The number of fused-ring (bicyclic) bond motifs is 1. The van der Waals surface area contributed by atoms with E-state index in [1.54, 1.807) is 7.11 Å². The molecule has 0 saturated carbocycles. The van der Waals surface area contributed by atoms with Crippen LogP contribution in [0.2, 0.25) is 0 Å². The van der Waals surface area contributed by atoms with Gasteiger partial charge in [0.15, 0.2) is 0 Å². The molecule has 3 heterocycles. The number of hydrogen-bond acceptors (Lipinski definition) is 3. The van der Waals surface area contributed by atoms with Crippen LogP contribution in [0.4, 0.5) is 0 Å². The van der Waals surface area contributed by atoms with Crippen LogP contribution in [0.1, 0.15) is 35.8 Å². The maximum absolute atomic E-state index is 5.59. The van der Waals surface area contributed by atoms with Crippen LogP contribution >= 0.6 is 0 Å². The Kier molecular flexibility index (Phi) is 3.98. The second-order valence-corrected chi connectivity index (χ2v) is 6.44. The van der Waals surface area contributed by atoms with Crippen molar-refractivity contribution < 1.29 is 4.74 Å². The molecule has 3 aromatic rings. The Labute approximate surface area is 142 Å². The molecular weight excluding hydrogens is 298 g/mol. The van der Waals surface area contributed by atoms with Crippen LogP contribution in [0.15, 0.2) is 48.7 Å². The molecule has 124 valence electrons. The highest BCUT2D eigenvalue weighted by atomic mass is 16.5. The summed E-state index contributed by atoms with van der Waals surface area (Å²) >= 11 is 0. The van der Waals surface area contributed by atoms with Crippen molar-refractivity contribution in [3.63, 3.8) is 0 Å². The topological polar surface area (TPSA) is 29.8 Å². The van der Waals surface area contributed by atoms with Crippen molar-refractivity contribution in [2.24, 2.45) is 0 Å². The van der Waals surface area contributed by atoms with Crippen molar-refractivity contribution in [3.8, 4) is 5.75 Å². The Morgan fingerprint density at radius 2 is 2.00 bits per heavy atom. The number of rotatable bonds is 4. The molecule has 24 heavy (non-hydrogen) atoms. The fourth-order valence-corrected chi connectivity index (χ4v) is 3.86. The fraction of sp³-hybridized carbons (Fsp3) is 0.350. The van der Waals surface area contributed by atoms with E-state index in [4.69, 9.17) is 9.72 Å². The third-order valence-electron chi connectivity index (χ3n) is 5.04. The van der Waals surface area contributed by atoms with Crippen molar-refractivity contribution >= 4 is 5.65 Å². The lowest BCUT2D eigenvalue weighted by Crippen LogP contribution is -2.24. The second kappa shape index (κ2) is 6.29. The van der Waals surface area contributed by atoms with E-state index in [1.807, 2.05) is 12.1 Å². The number of methoxy groups -OCH3 is 1. The van der Waals surface area contributed by atoms with Crippen molar-refractivity contribution in [1.29, 1.82) is 0 Å². The monoisotopic (exact) mass is 321 g/mol. The summed E-state index contributed by atoms with van der Waals surface area (Å²) in [4.78, 5) is 7.26. The zero-order valence-corrected chi connectivity index (χ0v) is 14.3. The van der Waals surface area contributed by atoms with Crippen LogP contribution in [0.25, 0.3) is 5.65 Å². The molecule has 1 fully saturated rings. The minimum absolute atomic E-state index is 0.412. The maximum atomic E-state index is 5.59. The van der Waals surface area contributed by atoms with Crippen LogP contribution in [0.5, 0.6) is 5.75 Å². The molecule has 1 saturated heterocycles. The van der Waals surface area contributed by atoms with Gasteiger partial charge in [-0.3, -0.25) is 4.90 Å². The third kappa shape index (κ3) is 2.57. The summed E-state index contributed by atoms with van der Waals surface area (Å²) in [5.41, 5.74) is 4.72. The van der Waals surface area contributed by atoms with Gasteiger partial charge >= 0.3 is 0 Å². The molecule has 0 spiro atoms. The summed E-state index contributed by atoms with van der Waals surface area (Å²) in [5, 5.41) is 0. The second-order valence-electron chi connectivity index (χ2n) is 6.44. The molecule has 4 heteroatoms. The standard InChI is InChI=1S/C20H23N3O/c1-15-18(23-13-6-5-11-20(23)21-15)14-22-12-7-9-17(22)16-8-3-4-10-19(16)24-2/h3-6,8,10-11,13,17H,7,9,12,14H2,1-2H3/t17-/m0/s1. The van der Waals surface area contributed by atoms with Gasteiger partial charge in [0, 0.05) is 24.3 Å². The lowest BCUT2D eigenvalue weighted by molar-refractivity contribution is 0.239. The third-order valence-corrected chi connectivity index (χ3v) is 5.04. The number of benzene rings is 1. The Morgan fingerprint density at radius 1 is 1.17 bits per heavy atom. The van der Waals surface area contributed by atoms with Crippen LogP contribution in [0.3, 0.4) is 0 Å². The van der Waals surface area contributed by atoms with E-state index in [0.29, 0.717) is 6.04 Å². The number of hydrogen-bond donors (Lipinski definition) is 0. The highest BCUT2D eigenvalue weighted by molar-refractivity contribution is 5.43. The minimum Gasteiger partial charge on any atom is -0.496 e. The van der Waals surface area contributed by atoms with Crippen molar-refractivity contribution in [3.05, 3.63) is 65.6 Å². The number of nitrogens with zero attached hydrogens (tertiary/aromatic N) is 3. The fourth-order valence-electron chi connectivity index (χ4n) is 3.86. The number of aryl methyl sites for hydroxylation is 1. The van der Waals surface area contributed by atoms with Gasteiger partial charge in [-0.1, -0.05) is 24.3 Å². The van der Waals surface area contributed by atoms with Crippen LogP contribution < -0.4 is 4.74 Å². The maximum Gasteiger partial charge on any atom is 0.137 e. The predicted molar refractivity (Wildman–Crippen MR) is 95.3 cm³/mol. The van der Waals surface area contributed by atoms with E-state index in [0.717, 1.165) is 30.2 Å². The first-order valence-corrected chi connectivity index (χ1v) is 8.57. The lowest BCUT2D eigenvalue weighted by Gasteiger charge is -2.26. The zero-order chi connectivity index (χ0) is 16.5. The van der Waals surface area contributed by atoms with Gasteiger partial charge in [-0.25, -0.2) is 4.98 Å². The van der Waals surface area contributed by atoms with Crippen LogP contribution in [0, 0.1) is 6.92 Å². The molecule has 0 aliphatic carbocycles. The van der Waals surface area contributed by atoms with Crippen molar-refractivity contribution in [1.82, 2.24) is 14.3 Å². The molecule has 0 unspecified atom stereocenters. The smallest absolute Gasteiger partial charge is 0.137 e. The zero-order valence-electron chi connectivity index (χ0n) is 14.3. The van der Waals surface area contributed by atoms with E-state index in [-0.39, 0.29) is 0 Å². The highest BCUT2D eigenvalue weighted by Crippen LogP contribution is 2.37. The van der Waals surface area contributed by atoms with Gasteiger partial charge in [0.2, 0.25) is 0 Å². The van der Waals surface area contributed by atoms with Gasteiger partial charge in [0.05, 0.1) is 18.5 Å². The first kappa shape index (κ1) is 15.2. The van der Waals surface area contributed by atoms with Crippen LogP contribution in [-0.4, -0.2) is 27.9 Å². The Bertz CT molecular complexity index is 855. The molecule has 4 nitrogen and oxygen atoms in total. The molecule has 1 aliphatic heterocycles. The summed E-state index contributed by atoms with van der Waals surface area (Å²) < 4.78 is 7.81. The summed E-state index contributed by atoms with van der Waals surface area (Å²) in [7, 11) is 1.76. The molecule has 0 amide bonds.